The van der Waals surface area contributed by atoms with Crippen molar-refractivity contribution in [2.45, 2.75) is 20.5 Å². The lowest BCUT2D eigenvalue weighted by Crippen LogP contribution is -2.08. The molecule has 0 amide bonds. The van der Waals surface area contributed by atoms with Crippen molar-refractivity contribution in [1.82, 2.24) is 9.38 Å². The number of ether oxygens (including phenoxy) is 1. The van der Waals surface area contributed by atoms with E-state index >= 15 is 0 Å². The maximum atomic E-state index is 6.24. The lowest BCUT2D eigenvalue weighted by Gasteiger charge is -2.15. The first-order chi connectivity index (χ1) is 17.0. The van der Waals surface area contributed by atoms with Gasteiger partial charge >= 0.3 is 0 Å². The second-order valence-corrected chi connectivity index (χ2v) is 8.98. The molecular weight excluding hydrogens is 432 g/mol. The van der Waals surface area contributed by atoms with Crippen molar-refractivity contribution < 1.29 is 4.74 Å². The molecule has 0 saturated carbocycles. The molecule has 0 radical (unpaired) electrons. The first kappa shape index (κ1) is 22.5. The van der Waals surface area contributed by atoms with Crippen molar-refractivity contribution in [3.05, 3.63) is 108 Å². The van der Waals surface area contributed by atoms with Crippen LogP contribution < -0.4 is 15.0 Å². The SMILES string of the molecule is Cc1cccc(C)c1Nc1c(-c2ccc(N(C)C)cc2)nc2c(OCc3ccccc3)cccn12. The molecule has 35 heavy (non-hydrogen) atoms. The predicted molar refractivity (Wildman–Crippen MR) is 145 cm³/mol. The number of hydrogen-bond donors (Lipinski definition) is 1. The molecule has 1 N–H and O–H groups in total. The maximum absolute atomic E-state index is 6.24. The van der Waals surface area contributed by atoms with Crippen LogP contribution in [0.5, 0.6) is 5.75 Å². The first-order valence-corrected chi connectivity index (χ1v) is 11.8. The van der Waals surface area contributed by atoms with Crippen molar-refractivity contribution in [2.75, 3.05) is 24.3 Å². The summed E-state index contributed by atoms with van der Waals surface area (Å²) in [5.74, 6) is 1.66. The van der Waals surface area contributed by atoms with E-state index in [4.69, 9.17) is 9.72 Å². The fourth-order valence-corrected chi connectivity index (χ4v) is 4.26. The molecular formula is C30H30N4O. The minimum Gasteiger partial charge on any atom is -0.485 e. The average Bonchev–Trinajstić information content (AvgIpc) is 3.24. The summed E-state index contributed by atoms with van der Waals surface area (Å²) in [4.78, 5) is 7.18. The number of pyridine rings is 1. The van der Waals surface area contributed by atoms with Crippen molar-refractivity contribution in [3.8, 4) is 17.0 Å². The third-order valence-corrected chi connectivity index (χ3v) is 6.23. The number of nitrogens with zero attached hydrogens (tertiary/aromatic N) is 3. The van der Waals surface area contributed by atoms with E-state index in [1.165, 1.54) is 11.1 Å². The van der Waals surface area contributed by atoms with Gasteiger partial charge in [-0.3, -0.25) is 4.40 Å². The monoisotopic (exact) mass is 462 g/mol. The molecule has 0 atom stereocenters. The zero-order valence-electron chi connectivity index (χ0n) is 20.6. The third kappa shape index (κ3) is 4.58. The Bertz CT molecular complexity index is 1430. The second-order valence-electron chi connectivity index (χ2n) is 8.98. The molecule has 0 fully saturated rings. The van der Waals surface area contributed by atoms with Gasteiger partial charge in [0, 0.05) is 37.2 Å². The highest BCUT2D eigenvalue weighted by atomic mass is 16.5. The fourth-order valence-electron chi connectivity index (χ4n) is 4.26. The topological polar surface area (TPSA) is 41.8 Å². The summed E-state index contributed by atoms with van der Waals surface area (Å²) in [6.45, 7) is 4.73. The number of rotatable bonds is 7. The number of para-hydroxylation sites is 1. The van der Waals surface area contributed by atoms with Crippen molar-refractivity contribution in [3.63, 3.8) is 0 Å². The van der Waals surface area contributed by atoms with Crippen LogP contribution in [0.2, 0.25) is 0 Å². The molecule has 0 aliphatic carbocycles. The molecule has 2 heterocycles. The summed E-state index contributed by atoms with van der Waals surface area (Å²) in [5, 5.41) is 3.70. The summed E-state index contributed by atoms with van der Waals surface area (Å²) < 4.78 is 8.32. The fraction of sp³-hybridized carbons (Fsp3) is 0.167. The van der Waals surface area contributed by atoms with E-state index in [1.54, 1.807) is 0 Å². The van der Waals surface area contributed by atoms with Crippen LogP contribution >= 0.6 is 0 Å². The van der Waals surface area contributed by atoms with E-state index < -0.39 is 0 Å². The lowest BCUT2D eigenvalue weighted by atomic mass is 10.1. The molecule has 0 saturated heterocycles. The molecule has 5 nitrogen and oxygen atoms in total. The highest BCUT2D eigenvalue weighted by Crippen LogP contribution is 2.36. The highest BCUT2D eigenvalue weighted by molar-refractivity contribution is 5.83. The summed E-state index contributed by atoms with van der Waals surface area (Å²) >= 11 is 0. The zero-order chi connectivity index (χ0) is 24.4. The second kappa shape index (κ2) is 9.55. The Labute approximate surface area is 206 Å². The van der Waals surface area contributed by atoms with Crippen LogP contribution in [-0.4, -0.2) is 23.5 Å². The van der Waals surface area contributed by atoms with Gasteiger partial charge in [-0.25, -0.2) is 4.98 Å². The molecule has 2 aromatic heterocycles. The van der Waals surface area contributed by atoms with E-state index in [2.05, 4.69) is 83.1 Å². The Hall–Kier alpha value is -4.25. The molecule has 5 heteroatoms. The van der Waals surface area contributed by atoms with E-state index in [-0.39, 0.29) is 0 Å². The smallest absolute Gasteiger partial charge is 0.181 e. The Morgan fingerprint density at radius 3 is 2.23 bits per heavy atom. The van der Waals surface area contributed by atoms with Gasteiger partial charge in [0.25, 0.3) is 0 Å². The summed E-state index contributed by atoms with van der Waals surface area (Å²) in [5.41, 5.74) is 8.44. The lowest BCUT2D eigenvalue weighted by molar-refractivity contribution is 0.308. The van der Waals surface area contributed by atoms with Gasteiger partial charge in [-0.1, -0.05) is 60.7 Å². The number of hydrogen-bond acceptors (Lipinski definition) is 4. The molecule has 0 bridgehead atoms. The van der Waals surface area contributed by atoms with Crippen LogP contribution in [0.15, 0.2) is 91.1 Å². The van der Waals surface area contributed by atoms with Gasteiger partial charge in [0.05, 0.1) is 0 Å². The van der Waals surface area contributed by atoms with Crippen molar-refractivity contribution in [1.29, 1.82) is 0 Å². The van der Waals surface area contributed by atoms with Crippen LogP contribution in [0.25, 0.3) is 16.9 Å². The number of aromatic nitrogens is 2. The number of benzene rings is 3. The normalized spacial score (nSPS) is 11.0. The van der Waals surface area contributed by atoms with Crippen LogP contribution in [-0.2, 0) is 6.61 Å². The van der Waals surface area contributed by atoms with Crippen molar-refractivity contribution in [2.24, 2.45) is 0 Å². The number of anilines is 3. The minimum absolute atomic E-state index is 0.486. The van der Waals surface area contributed by atoms with Crippen LogP contribution in [0.1, 0.15) is 16.7 Å². The van der Waals surface area contributed by atoms with Gasteiger partial charge in [0.1, 0.15) is 18.1 Å². The number of aryl methyl sites for hydroxylation is 2. The average molecular weight is 463 g/mol. The van der Waals surface area contributed by atoms with E-state index in [0.717, 1.165) is 45.4 Å². The van der Waals surface area contributed by atoms with Crippen LogP contribution in [0, 0.1) is 13.8 Å². The molecule has 0 spiro atoms. The standard InChI is InChI=1S/C30H30N4O/c1-21-10-8-11-22(2)27(21)31-30-28(24-15-17-25(18-16-24)33(3)4)32-29-26(14-9-19-34(29)30)35-20-23-12-6-5-7-13-23/h5-19,31H,20H2,1-4H3. The molecule has 176 valence electrons. The molecule has 3 aromatic carbocycles. The quantitative estimate of drug-likeness (QED) is 0.283. The van der Waals surface area contributed by atoms with Crippen LogP contribution in [0.3, 0.4) is 0 Å². The summed E-state index contributed by atoms with van der Waals surface area (Å²) in [6, 6.07) is 29.0. The van der Waals surface area contributed by atoms with E-state index in [9.17, 15) is 0 Å². The number of imidazole rings is 1. The molecule has 0 aliphatic heterocycles. The van der Waals surface area contributed by atoms with Gasteiger partial charge < -0.3 is 15.0 Å². The zero-order valence-corrected chi connectivity index (χ0v) is 20.6. The van der Waals surface area contributed by atoms with E-state index in [0.29, 0.717) is 6.61 Å². The molecule has 5 rings (SSSR count). The first-order valence-electron chi connectivity index (χ1n) is 11.8. The van der Waals surface area contributed by atoms with Gasteiger partial charge in [-0.15, -0.1) is 0 Å². The molecule has 5 aromatic rings. The predicted octanol–water partition coefficient (Wildman–Crippen LogP) is 7.01. The Kier molecular flexibility index (Phi) is 6.15. The highest BCUT2D eigenvalue weighted by Gasteiger charge is 2.19. The van der Waals surface area contributed by atoms with Gasteiger partial charge in [-0.2, -0.15) is 0 Å². The Balaban J connectivity index is 1.62. The Morgan fingerprint density at radius 1 is 0.829 bits per heavy atom. The van der Waals surface area contributed by atoms with Gasteiger partial charge in [0.2, 0.25) is 0 Å². The van der Waals surface area contributed by atoms with E-state index in [1.807, 2.05) is 50.6 Å². The largest absolute Gasteiger partial charge is 0.485 e. The third-order valence-electron chi connectivity index (χ3n) is 6.23. The summed E-state index contributed by atoms with van der Waals surface area (Å²) in [7, 11) is 4.09. The van der Waals surface area contributed by atoms with Gasteiger partial charge in [0.15, 0.2) is 11.4 Å². The minimum atomic E-state index is 0.486. The van der Waals surface area contributed by atoms with Gasteiger partial charge in [-0.05, 0) is 54.8 Å². The maximum Gasteiger partial charge on any atom is 0.181 e. The molecule has 0 aliphatic rings. The summed E-state index contributed by atoms with van der Waals surface area (Å²) in [6.07, 6.45) is 2.03. The van der Waals surface area contributed by atoms with Crippen LogP contribution in [0.4, 0.5) is 17.2 Å². The van der Waals surface area contributed by atoms with Crippen molar-refractivity contribution >= 4 is 22.8 Å². The molecule has 0 unspecified atom stereocenters. The number of fused-ring (bicyclic) bond motifs is 1. The number of nitrogens with one attached hydrogen (secondary N) is 1. The Morgan fingerprint density at radius 2 is 1.54 bits per heavy atom.